The Balaban J connectivity index is 1.66. The summed E-state index contributed by atoms with van der Waals surface area (Å²) < 4.78 is 0. The molecule has 2 aliphatic rings. The summed E-state index contributed by atoms with van der Waals surface area (Å²) in [6.07, 6.45) is 2.93. The van der Waals surface area contributed by atoms with Crippen LogP contribution in [0, 0.1) is 5.92 Å². The van der Waals surface area contributed by atoms with Crippen molar-refractivity contribution in [2.24, 2.45) is 11.7 Å². The molecule has 2 amide bonds. The molecule has 5 N–H and O–H groups in total. The summed E-state index contributed by atoms with van der Waals surface area (Å²) in [4.78, 5) is 41.8. The summed E-state index contributed by atoms with van der Waals surface area (Å²) >= 11 is 0. The van der Waals surface area contributed by atoms with Gasteiger partial charge < -0.3 is 31.3 Å². The molecule has 176 valence electrons. The number of rotatable bonds is 9. The number of likely N-dealkylation sites (N-methyl/N-ethyl adjacent to an activating group) is 1. The van der Waals surface area contributed by atoms with Crippen LogP contribution < -0.4 is 21.3 Å². The second kappa shape index (κ2) is 11.3. The van der Waals surface area contributed by atoms with E-state index >= 15 is 0 Å². The van der Waals surface area contributed by atoms with E-state index in [1.807, 2.05) is 18.2 Å². The number of carboxylic acid groups (broad SMARTS) is 1. The van der Waals surface area contributed by atoms with E-state index in [1.54, 1.807) is 6.07 Å². The summed E-state index contributed by atoms with van der Waals surface area (Å²) in [6, 6.07) is 6.28. The molecular weight excluding hydrogens is 410 g/mol. The minimum Gasteiger partial charge on any atom is -0.481 e. The lowest BCUT2D eigenvalue weighted by Gasteiger charge is -2.34. The number of hydrogen-bond donors (Lipinski definition) is 4. The van der Waals surface area contributed by atoms with Gasteiger partial charge in [0, 0.05) is 43.5 Å². The van der Waals surface area contributed by atoms with Crippen LogP contribution in [0.3, 0.4) is 0 Å². The number of amides is 2. The summed E-state index contributed by atoms with van der Waals surface area (Å²) in [5, 5.41) is 15.1. The van der Waals surface area contributed by atoms with Crippen molar-refractivity contribution in [3.8, 4) is 0 Å². The first-order chi connectivity index (χ1) is 15.4. The third-order valence-electron chi connectivity index (χ3n) is 6.46. The fourth-order valence-electron chi connectivity index (χ4n) is 4.45. The Kier molecular flexibility index (Phi) is 8.46. The zero-order valence-corrected chi connectivity index (χ0v) is 18.8. The Bertz CT molecular complexity index is 809. The minimum atomic E-state index is -0.893. The van der Waals surface area contributed by atoms with Crippen molar-refractivity contribution < 1.29 is 19.5 Å². The second-order valence-corrected chi connectivity index (χ2v) is 8.79. The monoisotopic (exact) mass is 445 g/mol. The number of carbonyl (C=O) groups excluding carboxylic acids is 2. The van der Waals surface area contributed by atoms with Gasteiger partial charge in [0.2, 0.25) is 5.91 Å². The zero-order valence-electron chi connectivity index (χ0n) is 18.8. The molecule has 0 unspecified atom stereocenters. The van der Waals surface area contributed by atoms with Gasteiger partial charge in [0.1, 0.15) is 6.04 Å². The lowest BCUT2D eigenvalue weighted by Crippen LogP contribution is -2.51. The van der Waals surface area contributed by atoms with Gasteiger partial charge in [-0.25, -0.2) is 0 Å². The number of carbonyl (C=O) groups is 3. The first-order valence-corrected chi connectivity index (χ1v) is 11.5. The highest BCUT2D eigenvalue weighted by molar-refractivity contribution is 5.98. The van der Waals surface area contributed by atoms with Crippen LogP contribution in [-0.4, -0.2) is 79.6 Å². The molecule has 9 heteroatoms. The lowest BCUT2D eigenvalue weighted by atomic mass is 10.0. The van der Waals surface area contributed by atoms with E-state index in [9.17, 15) is 19.5 Å². The van der Waals surface area contributed by atoms with Gasteiger partial charge in [-0.3, -0.25) is 14.4 Å². The van der Waals surface area contributed by atoms with E-state index < -0.39 is 24.0 Å². The number of nitrogens with two attached hydrogens (primary N) is 1. The molecular formula is C23H35N5O4. The Morgan fingerprint density at radius 2 is 1.94 bits per heavy atom. The van der Waals surface area contributed by atoms with Crippen molar-refractivity contribution in [3.63, 3.8) is 0 Å². The maximum atomic E-state index is 13.0. The second-order valence-electron chi connectivity index (χ2n) is 8.79. The van der Waals surface area contributed by atoms with Gasteiger partial charge in [-0.1, -0.05) is 12.5 Å². The topological polar surface area (TPSA) is 128 Å². The van der Waals surface area contributed by atoms with Gasteiger partial charge in [0.05, 0.1) is 5.92 Å². The molecule has 1 heterocycles. The molecule has 1 aliphatic heterocycles. The fourth-order valence-corrected chi connectivity index (χ4v) is 4.45. The minimum absolute atomic E-state index is 0.320. The van der Waals surface area contributed by atoms with Crippen LogP contribution in [0.4, 0.5) is 5.69 Å². The molecule has 9 nitrogen and oxygen atoms in total. The molecule has 1 aromatic rings. The molecule has 3 rings (SSSR count). The van der Waals surface area contributed by atoms with Crippen molar-refractivity contribution >= 4 is 23.5 Å². The number of nitrogens with one attached hydrogen (secondary N) is 2. The largest absolute Gasteiger partial charge is 0.481 e. The molecule has 1 saturated heterocycles. The summed E-state index contributed by atoms with van der Waals surface area (Å²) in [5.41, 5.74) is 7.11. The molecule has 2 fully saturated rings. The average molecular weight is 446 g/mol. The predicted molar refractivity (Wildman–Crippen MR) is 123 cm³/mol. The number of hydrogen-bond acceptors (Lipinski definition) is 6. The van der Waals surface area contributed by atoms with Crippen molar-refractivity contribution in [1.29, 1.82) is 0 Å². The number of aliphatic carboxylic acids is 1. The van der Waals surface area contributed by atoms with Crippen LogP contribution in [0.2, 0.25) is 0 Å². The molecule has 1 saturated carbocycles. The van der Waals surface area contributed by atoms with Gasteiger partial charge in [-0.05, 0) is 57.5 Å². The first kappa shape index (κ1) is 24.0. The Morgan fingerprint density at radius 1 is 1.19 bits per heavy atom. The third-order valence-corrected chi connectivity index (χ3v) is 6.46. The van der Waals surface area contributed by atoms with Gasteiger partial charge >= 0.3 is 5.97 Å². The van der Waals surface area contributed by atoms with Crippen molar-refractivity contribution in [2.45, 2.75) is 44.2 Å². The quantitative estimate of drug-likeness (QED) is 0.439. The van der Waals surface area contributed by atoms with E-state index in [1.165, 1.54) is 0 Å². The van der Waals surface area contributed by atoms with Gasteiger partial charge in [-0.15, -0.1) is 0 Å². The number of piperazine rings is 1. The van der Waals surface area contributed by atoms with Crippen LogP contribution in [0.1, 0.15) is 42.5 Å². The molecule has 1 aromatic carbocycles. The van der Waals surface area contributed by atoms with Gasteiger partial charge in [0.15, 0.2) is 0 Å². The highest BCUT2D eigenvalue weighted by Crippen LogP contribution is 2.26. The molecule has 32 heavy (non-hydrogen) atoms. The Labute approximate surface area is 189 Å². The Hall–Kier alpha value is -2.65. The maximum absolute atomic E-state index is 13.0. The third kappa shape index (κ3) is 6.20. The van der Waals surface area contributed by atoms with Gasteiger partial charge in [-0.2, -0.15) is 0 Å². The average Bonchev–Trinajstić information content (AvgIpc) is 3.25. The van der Waals surface area contributed by atoms with Crippen molar-refractivity contribution in [2.75, 3.05) is 44.7 Å². The first-order valence-electron chi connectivity index (χ1n) is 11.5. The molecule has 3 atom stereocenters. The highest BCUT2D eigenvalue weighted by atomic mass is 16.4. The van der Waals surface area contributed by atoms with Crippen LogP contribution in [-0.2, 0) is 9.59 Å². The lowest BCUT2D eigenvalue weighted by molar-refractivity contribution is -0.142. The molecule has 1 aliphatic carbocycles. The van der Waals surface area contributed by atoms with Crippen LogP contribution >= 0.6 is 0 Å². The van der Waals surface area contributed by atoms with Crippen molar-refractivity contribution in [1.82, 2.24) is 15.5 Å². The number of carboxylic acids is 1. The number of nitrogens with zero attached hydrogens (tertiary/aromatic N) is 2. The van der Waals surface area contributed by atoms with E-state index in [4.69, 9.17) is 5.73 Å². The van der Waals surface area contributed by atoms with E-state index in [0.717, 1.165) is 38.3 Å². The van der Waals surface area contributed by atoms with E-state index in [-0.39, 0.29) is 11.8 Å². The number of anilines is 1. The van der Waals surface area contributed by atoms with Crippen LogP contribution in [0.5, 0.6) is 0 Å². The maximum Gasteiger partial charge on any atom is 0.308 e. The molecule has 0 radical (unpaired) electrons. The van der Waals surface area contributed by atoms with Gasteiger partial charge in [0.25, 0.3) is 5.91 Å². The summed E-state index contributed by atoms with van der Waals surface area (Å²) in [6.45, 7) is 4.14. The van der Waals surface area contributed by atoms with E-state index in [0.29, 0.717) is 37.8 Å². The fraction of sp³-hybridized carbons (Fsp3) is 0.609. The summed E-state index contributed by atoms with van der Waals surface area (Å²) in [5.74, 6) is -2.14. The van der Waals surface area contributed by atoms with Crippen molar-refractivity contribution in [3.05, 3.63) is 29.8 Å². The summed E-state index contributed by atoms with van der Waals surface area (Å²) in [7, 11) is 2.10. The van der Waals surface area contributed by atoms with Crippen LogP contribution in [0.15, 0.2) is 24.3 Å². The highest BCUT2D eigenvalue weighted by Gasteiger charge is 2.35. The zero-order chi connectivity index (χ0) is 23.1. The molecule has 0 aromatic heterocycles. The predicted octanol–water partition coefficient (Wildman–Crippen LogP) is 0.645. The number of benzene rings is 1. The van der Waals surface area contributed by atoms with Crippen LogP contribution in [0.25, 0.3) is 0 Å². The standard InChI is InChI=1S/C23H35N5O4/c1-27-11-13-28(14-12-27)17-6-2-5-16(15-17)21(29)26-20(9-4-10-24)22(30)25-19-8-3-7-18(19)23(31)32/h2,5-6,15,18-20H,3-4,7-14,24H2,1H3,(H,25,30)(H,26,29)(H,31,32)/t18-,19+,20+/m1/s1. The Morgan fingerprint density at radius 3 is 2.62 bits per heavy atom. The molecule has 0 spiro atoms. The normalized spacial score (nSPS) is 22.4. The van der Waals surface area contributed by atoms with E-state index in [2.05, 4.69) is 27.5 Å². The smallest absolute Gasteiger partial charge is 0.308 e. The molecule has 0 bridgehead atoms. The SMILES string of the molecule is CN1CCN(c2cccc(C(=O)N[C@@H](CCCN)C(=O)N[C@H]3CCC[C@H]3C(=O)O)c2)CC1.